The molecule has 0 aliphatic carbocycles. The maximum Gasteiger partial charge on any atom is 0.514 e. The molecule has 2 N–H and O–H groups in total. The van der Waals surface area contributed by atoms with Crippen LogP contribution in [0.2, 0.25) is 0 Å². The molecule has 0 unspecified atom stereocenters. The Kier molecular flexibility index (Phi) is 9.47. The zero-order valence-corrected chi connectivity index (χ0v) is 15.9. The summed E-state index contributed by atoms with van der Waals surface area (Å²) in [4.78, 5) is 24.3. The van der Waals surface area contributed by atoms with Gasteiger partial charge in [0.2, 0.25) is 0 Å². The Balaban J connectivity index is 2.56. The second-order valence-corrected chi connectivity index (χ2v) is 6.19. The van der Waals surface area contributed by atoms with Crippen molar-refractivity contribution in [3.63, 3.8) is 0 Å². The van der Waals surface area contributed by atoms with Gasteiger partial charge >= 0.3 is 6.16 Å². The number of carbonyl (C=O) groups excluding carboxylic acids is 2. The number of carbonyl (C=O) groups is 2. The summed E-state index contributed by atoms with van der Waals surface area (Å²) in [5, 5.41) is 8.27. The summed E-state index contributed by atoms with van der Waals surface area (Å²) < 4.78 is 11.5. The third kappa shape index (κ3) is 6.96. The van der Waals surface area contributed by atoms with Crippen LogP contribution in [-0.2, 0) is 9.53 Å². The van der Waals surface area contributed by atoms with Gasteiger partial charge in [0, 0.05) is 27.6 Å². The Labute approximate surface area is 155 Å². The third-order valence-corrected chi connectivity index (χ3v) is 3.52. The molecule has 0 fully saturated rings. The van der Waals surface area contributed by atoms with Crippen LogP contribution in [0.25, 0.3) is 0 Å². The molecule has 0 heterocycles. The van der Waals surface area contributed by atoms with Gasteiger partial charge in [-0.1, -0.05) is 45.2 Å². The van der Waals surface area contributed by atoms with Gasteiger partial charge < -0.3 is 14.4 Å². The van der Waals surface area contributed by atoms with Crippen molar-refractivity contribution >= 4 is 62.9 Å². The predicted molar refractivity (Wildman–Crippen MR) is 98.3 cm³/mol. The predicted octanol–water partition coefficient (Wildman–Crippen LogP) is 2.38. The minimum atomic E-state index is -1.01. The number of nitrogens with one attached hydrogen (secondary N) is 1. The Morgan fingerprint density at radius 2 is 1.73 bits per heavy atom. The number of rotatable bonds is 8. The Morgan fingerprint density at radius 1 is 1.14 bits per heavy atom. The number of nitrogens with zero attached hydrogens (tertiary/aromatic N) is 1. The lowest BCUT2D eigenvalue weighted by molar-refractivity contribution is -0.132. The van der Waals surface area contributed by atoms with Crippen molar-refractivity contribution in [2.45, 2.75) is 0 Å². The first kappa shape index (κ1) is 19.2. The third-order valence-electron chi connectivity index (χ3n) is 2.56. The standard InChI is InChI=1S/C13H16I2N2O5/c14-5-7-17(8-6-15)10-1-3-11(4-2-10)22-13(19)21-9-12(18)16-20/h1-4,20H,5-9H2,(H,16,18). The molecular weight excluding hydrogens is 518 g/mol. The van der Waals surface area contributed by atoms with Crippen molar-refractivity contribution in [3.05, 3.63) is 24.3 Å². The molecule has 1 aromatic carbocycles. The van der Waals surface area contributed by atoms with E-state index in [4.69, 9.17) is 9.94 Å². The highest BCUT2D eigenvalue weighted by atomic mass is 127. The van der Waals surface area contributed by atoms with E-state index in [2.05, 4.69) is 54.8 Å². The summed E-state index contributed by atoms with van der Waals surface area (Å²) in [6.07, 6.45) is -1.01. The molecule has 0 atom stereocenters. The molecule has 7 nitrogen and oxygen atoms in total. The van der Waals surface area contributed by atoms with Gasteiger partial charge in [0.25, 0.3) is 5.91 Å². The SMILES string of the molecule is O=C(COC(=O)Oc1ccc(N(CCI)CCI)cc1)NO. The van der Waals surface area contributed by atoms with E-state index in [-0.39, 0.29) is 0 Å². The van der Waals surface area contributed by atoms with E-state index in [1.54, 1.807) is 12.1 Å². The molecule has 1 aromatic rings. The van der Waals surface area contributed by atoms with E-state index in [0.717, 1.165) is 27.6 Å². The molecule has 0 radical (unpaired) electrons. The second kappa shape index (κ2) is 10.8. The maximum absolute atomic E-state index is 11.3. The van der Waals surface area contributed by atoms with Crippen LogP contribution >= 0.6 is 45.2 Å². The number of hydrogen-bond acceptors (Lipinski definition) is 6. The molecule has 0 aliphatic rings. The monoisotopic (exact) mass is 534 g/mol. The molecule has 0 saturated carbocycles. The van der Waals surface area contributed by atoms with E-state index >= 15 is 0 Å². The number of hydroxylamine groups is 1. The first-order chi connectivity index (χ1) is 10.6. The summed E-state index contributed by atoms with van der Waals surface area (Å²) in [6, 6.07) is 7.05. The van der Waals surface area contributed by atoms with Crippen molar-refractivity contribution in [3.8, 4) is 5.75 Å². The van der Waals surface area contributed by atoms with Gasteiger partial charge in [-0.2, -0.15) is 0 Å². The lowest BCUT2D eigenvalue weighted by Crippen LogP contribution is -2.27. The van der Waals surface area contributed by atoms with Crippen LogP contribution in [-0.4, -0.2) is 45.8 Å². The molecule has 22 heavy (non-hydrogen) atoms. The fraction of sp³-hybridized carbons (Fsp3) is 0.385. The van der Waals surface area contributed by atoms with Crippen LogP contribution in [0.3, 0.4) is 0 Å². The highest BCUT2D eigenvalue weighted by molar-refractivity contribution is 14.1. The van der Waals surface area contributed by atoms with Crippen LogP contribution < -0.4 is 15.1 Å². The molecule has 0 aromatic heterocycles. The quantitative estimate of drug-likeness (QED) is 0.133. The number of benzene rings is 1. The Bertz CT molecular complexity index is 478. The fourth-order valence-electron chi connectivity index (χ4n) is 1.58. The summed E-state index contributed by atoms with van der Waals surface area (Å²) in [5.74, 6) is -0.511. The van der Waals surface area contributed by atoms with E-state index in [0.29, 0.717) is 5.75 Å². The largest absolute Gasteiger partial charge is 0.514 e. The molecule has 1 amide bonds. The highest BCUT2D eigenvalue weighted by Crippen LogP contribution is 2.20. The minimum absolute atomic E-state index is 0.321. The molecule has 122 valence electrons. The van der Waals surface area contributed by atoms with Gasteiger partial charge in [-0.15, -0.1) is 0 Å². The van der Waals surface area contributed by atoms with E-state index in [9.17, 15) is 9.59 Å². The Hall–Kier alpha value is -0.820. The van der Waals surface area contributed by atoms with Gasteiger partial charge in [0.05, 0.1) is 0 Å². The van der Waals surface area contributed by atoms with Gasteiger partial charge in [-0.3, -0.25) is 10.0 Å². The van der Waals surface area contributed by atoms with E-state index < -0.39 is 18.7 Å². The summed E-state index contributed by atoms with van der Waals surface area (Å²) in [5.41, 5.74) is 2.40. The van der Waals surface area contributed by atoms with Gasteiger partial charge in [0.15, 0.2) is 6.61 Å². The van der Waals surface area contributed by atoms with Gasteiger partial charge in [-0.25, -0.2) is 10.3 Å². The maximum atomic E-state index is 11.3. The minimum Gasteiger partial charge on any atom is -0.424 e. The molecule has 9 heteroatoms. The fourth-order valence-corrected chi connectivity index (χ4v) is 2.75. The average molecular weight is 534 g/mol. The van der Waals surface area contributed by atoms with Crippen LogP contribution in [0.5, 0.6) is 5.75 Å². The van der Waals surface area contributed by atoms with Gasteiger partial charge in [-0.05, 0) is 24.3 Å². The van der Waals surface area contributed by atoms with Crippen molar-refractivity contribution in [1.82, 2.24) is 5.48 Å². The zero-order chi connectivity index (χ0) is 16.4. The van der Waals surface area contributed by atoms with Crippen LogP contribution in [0.4, 0.5) is 10.5 Å². The number of hydrogen-bond donors (Lipinski definition) is 2. The molecule has 1 rings (SSSR count). The first-order valence-corrected chi connectivity index (χ1v) is 9.40. The number of alkyl halides is 2. The van der Waals surface area contributed by atoms with Crippen molar-refractivity contribution < 1.29 is 24.3 Å². The summed E-state index contributed by atoms with van der Waals surface area (Å²) >= 11 is 4.66. The number of amides is 1. The number of ether oxygens (including phenoxy) is 2. The lowest BCUT2D eigenvalue weighted by atomic mass is 10.2. The molecule has 0 bridgehead atoms. The molecule has 0 spiro atoms. The highest BCUT2D eigenvalue weighted by Gasteiger charge is 2.10. The van der Waals surface area contributed by atoms with Crippen LogP contribution in [0.15, 0.2) is 24.3 Å². The molecular formula is C13H16I2N2O5. The van der Waals surface area contributed by atoms with E-state index in [1.807, 2.05) is 12.1 Å². The van der Waals surface area contributed by atoms with Crippen LogP contribution in [0.1, 0.15) is 0 Å². The normalized spacial score (nSPS) is 9.95. The first-order valence-electron chi connectivity index (χ1n) is 6.35. The summed E-state index contributed by atoms with van der Waals surface area (Å²) in [6.45, 7) is 1.29. The average Bonchev–Trinajstić information content (AvgIpc) is 2.53. The number of halogens is 2. The van der Waals surface area contributed by atoms with E-state index in [1.165, 1.54) is 5.48 Å². The van der Waals surface area contributed by atoms with Crippen LogP contribution in [0, 0.1) is 0 Å². The molecule has 0 saturated heterocycles. The van der Waals surface area contributed by atoms with Gasteiger partial charge in [0.1, 0.15) is 5.75 Å². The smallest absolute Gasteiger partial charge is 0.424 e. The zero-order valence-electron chi connectivity index (χ0n) is 11.6. The Morgan fingerprint density at radius 3 is 2.23 bits per heavy atom. The van der Waals surface area contributed by atoms with Crippen molar-refractivity contribution in [1.29, 1.82) is 0 Å². The number of anilines is 1. The second-order valence-electron chi connectivity index (χ2n) is 4.03. The van der Waals surface area contributed by atoms with Crippen molar-refractivity contribution in [2.75, 3.05) is 33.5 Å². The van der Waals surface area contributed by atoms with Crippen molar-refractivity contribution in [2.24, 2.45) is 0 Å². The molecule has 0 aliphatic heterocycles. The lowest BCUT2D eigenvalue weighted by Gasteiger charge is -2.23. The summed E-state index contributed by atoms with van der Waals surface area (Å²) in [7, 11) is 0. The topological polar surface area (TPSA) is 88.1 Å².